The van der Waals surface area contributed by atoms with Crippen LogP contribution in [0.4, 0.5) is 20.5 Å². The van der Waals surface area contributed by atoms with E-state index >= 15 is 0 Å². The van der Waals surface area contributed by atoms with Gasteiger partial charge >= 0.3 is 12.2 Å². The molecule has 216 valence electrons. The van der Waals surface area contributed by atoms with Crippen LogP contribution < -0.4 is 24.0 Å². The van der Waals surface area contributed by atoms with E-state index in [4.69, 9.17) is 24.2 Å². The molecule has 0 fully saturated rings. The van der Waals surface area contributed by atoms with Crippen molar-refractivity contribution in [2.75, 3.05) is 24.0 Å². The molecule has 0 radical (unpaired) electrons. The van der Waals surface area contributed by atoms with Gasteiger partial charge in [-0.05, 0) is 42.0 Å². The number of thiazole rings is 1. The molecular formula is C31H26N6O5S. The van der Waals surface area contributed by atoms with E-state index in [1.807, 2.05) is 47.8 Å². The van der Waals surface area contributed by atoms with E-state index < -0.39 is 12.2 Å². The number of nitrogens with zero attached hydrogens (tertiary/aromatic N) is 6. The van der Waals surface area contributed by atoms with Gasteiger partial charge in [0, 0.05) is 20.6 Å². The predicted molar refractivity (Wildman–Crippen MR) is 164 cm³/mol. The monoisotopic (exact) mass is 594 g/mol. The summed E-state index contributed by atoms with van der Waals surface area (Å²) in [5, 5.41) is 0.0434. The lowest BCUT2D eigenvalue weighted by atomic mass is 10.2. The van der Waals surface area contributed by atoms with Crippen LogP contribution in [-0.2, 0) is 13.6 Å². The summed E-state index contributed by atoms with van der Waals surface area (Å²) < 4.78 is 18.2. The van der Waals surface area contributed by atoms with Crippen molar-refractivity contribution < 1.29 is 23.8 Å². The van der Waals surface area contributed by atoms with E-state index in [-0.39, 0.29) is 16.6 Å². The third-order valence-corrected chi connectivity index (χ3v) is 7.51. The maximum absolute atomic E-state index is 13.4. The second-order valence-electron chi connectivity index (χ2n) is 9.54. The second-order valence-corrected chi connectivity index (χ2v) is 10.5. The van der Waals surface area contributed by atoms with E-state index in [0.29, 0.717) is 33.7 Å². The Bertz CT molecular complexity index is 1850. The fraction of sp³-hybridized carbons (Fsp3) is 0.129. The van der Waals surface area contributed by atoms with Crippen LogP contribution in [-0.4, -0.2) is 45.9 Å². The number of carbonyl (C=O) groups excluding carboxylic acids is 2. The summed E-state index contributed by atoms with van der Waals surface area (Å²) in [6.07, 6.45) is -0.255. The summed E-state index contributed by atoms with van der Waals surface area (Å²) in [7, 11) is 5.41. The normalized spacial score (nSPS) is 11.0. The highest BCUT2D eigenvalue weighted by Crippen LogP contribution is 2.36. The molecule has 0 bridgehead atoms. The van der Waals surface area contributed by atoms with Crippen LogP contribution >= 0.6 is 11.3 Å². The minimum Gasteiger partial charge on any atom is -0.497 e. The first-order valence-electron chi connectivity index (χ1n) is 13.2. The molecule has 0 saturated heterocycles. The van der Waals surface area contributed by atoms with Crippen LogP contribution in [0.2, 0.25) is 0 Å². The van der Waals surface area contributed by atoms with Crippen molar-refractivity contribution in [1.82, 2.24) is 19.5 Å². The highest BCUT2D eigenvalue weighted by Gasteiger charge is 2.32. The van der Waals surface area contributed by atoms with E-state index in [0.717, 1.165) is 27.5 Å². The molecular weight excluding hydrogens is 568 g/mol. The van der Waals surface area contributed by atoms with Crippen LogP contribution in [0.3, 0.4) is 0 Å². The molecule has 12 heteroatoms. The molecule has 3 aromatic heterocycles. The van der Waals surface area contributed by atoms with Crippen molar-refractivity contribution >= 4 is 55.9 Å². The summed E-state index contributed by atoms with van der Waals surface area (Å²) in [6, 6.07) is 24.7. The van der Waals surface area contributed by atoms with Crippen LogP contribution in [0.5, 0.6) is 17.2 Å². The molecule has 0 unspecified atom stereocenters. The van der Waals surface area contributed by atoms with E-state index in [9.17, 15) is 9.59 Å². The topological polar surface area (TPSA) is 112 Å². The number of para-hydroxylation sites is 2. The highest BCUT2D eigenvalue weighted by molar-refractivity contribution is 7.22. The molecule has 0 aliphatic heterocycles. The summed E-state index contributed by atoms with van der Waals surface area (Å²) >= 11 is 1.07. The molecule has 2 amide bonds. The number of carbonyl (C=O) groups is 2. The molecule has 0 N–H and O–H groups in total. The molecule has 0 aliphatic rings. The largest absolute Gasteiger partial charge is 0.497 e. The molecule has 3 heterocycles. The minimum absolute atomic E-state index is 0.0434. The Kier molecular flexibility index (Phi) is 7.58. The number of ether oxygens (including phenoxy) is 3. The Morgan fingerprint density at radius 2 is 1.42 bits per heavy atom. The van der Waals surface area contributed by atoms with Gasteiger partial charge in [0.05, 0.1) is 13.4 Å². The van der Waals surface area contributed by atoms with Crippen LogP contribution in [0.1, 0.15) is 5.56 Å². The number of hydrogen-bond acceptors (Lipinski definition) is 10. The first-order valence-corrected chi connectivity index (χ1v) is 14.0. The average Bonchev–Trinajstić information content (AvgIpc) is 3.61. The fourth-order valence-electron chi connectivity index (χ4n) is 4.50. The number of methoxy groups -OCH3 is 1. The molecule has 3 aromatic carbocycles. The van der Waals surface area contributed by atoms with Crippen molar-refractivity contribution in [3.05, 3.63) is 96.8 Å². The first kappa shape index (κ1) is 27.7. The Labute approximate surface area is 250 Å². The Hall–Kier alpha value is -5.49. The fourth-order valence-corrected chi connectivity index (χ4v) is 5.42. The van der Waals surface area contributed by atoms with Gasteiger partial charge in [-0.25, -0.2) is 24.5 Å². The summed E-state index contributed by atoms with van der Waals surface area (Å²) in [6.45, 7) is 0.554. The first-order chi connectivity index (χ1) is 20.9. The van der Waals surface area contributed by atoms with E-state index in [2.05, 4.69) is 4.98 Å². The maximum Gasteiger partial charge on any atom is 0.431 e. The summed E-state index contributed by atoms with van der Waals surface area (Å²) in [4.78, 5) is 44.3. The van der Waals surface area contributed by atoms with Crippen molar-refractivity contribution in [2.24, 2.45) is 7.05 Å². The molecule has 43 heavy (non-hydrogen) atoms. The highest BCUT2D eigenvalue weighted by atomic mass is 32.1. The van der Waals surface area contributed by atoms with Crippen molar-refractivity contribution in [2.45, 2.75) is 6.54 Å². The van der Waals surface area contributed by atoms with Gasteiger partial charge in [0.15, 0.2) is 5.82 Å². The molecule has 0 atom stereocenters. The van der Waals surface area contributed by atoms with Crippen LogP contribution in [0.25, 0.3) is 21.4 Å². The third-order valence-electron chi connectivity index (χ3n) is 6.57. The van der Waals surface area contributed by atoms with Crippen molar-refractivity contribution in [3.63, 3.8) is 0 Å². The number of hydrogen-bond donors (Lipinski definition) is 0. The molecule has 0 saturated carbocycles. The zero-order valence-corrected chi connectivity index (χ0v) is 24.3. The quantitative estimate of drug-likeness (QED) is 0.206. The number of anilines is 2. The van der Waals surface area contributed by atoms with Gasteiger partial charge in [-0.15, -0.1) is 0 Å². The van der Waals surface area contributed by atoms with Gasteiger partial charge in [-0.2, -0.15) is 4.90 Å². The molecule has 0 spiro atoms. The Balaban J connectivity index is 1.40. The second kappa shape index (κ2) is 11.8. The number of benzene rings is 3. The van der Waals surface area contributed by atoms with Crippen molar-refractivity contribution in [1.29, 1.82) is 0 Å². The SMILES string of the molecule is COc1ccc(CN(C)c2nc3sc(N(C(=O)Oc4ccccc4)C(=O)Oc4ccccc4)nc3c3c2ncn3C)cc1. The zero-order valence-electron chi connectivity index (χ0n) is 23.5. The smallest absolute Gasteiger partial charge is 0.431 e. The number of aromatic nitrogens is 4. The van der Waals surface area contributed by atoms with Gasteiger partial charge in [0.1, 0.15) is 38.6 Å². The number of rotatable bonds is 7. The van der Waals surface area contributed by atoms with Gasteiger partial charge in [0.25, 0.3) is 0 Å². The molecule has 0 aliphatic carbocycles. The van der Waals surface area contributed by atoms with Gasteiger partial charge in [0.2, 0.25) is 5.13 Å². The summed E-state index contributed by atoms with van der Waals surface area (Å²) in [5.41, 5.74) is 2.88. The standard InChI is InChI=1S/C31H26N6O5S/c1-35(18-20-14-16-21(40-3)17-15-20)27-24-26(36(2)19-32-24)25-28(34-27)43-29(33-25)37(30(38)41-22-10-6-4-7-11-22)31(39)42-23-12-8-5-9-13-23/h4-17,19H,18H2,1-3H3. The Morgan fingerprint density at radius 1 is 0.814 bits per heavy atom. The van der Waals surface area contributed by atoms with Gasteiger partial charge in [-0.3, -0.25) is 0 Å². The molecule has 6 rings (SSSR count). The number of imide groups is 1. The number of fused-ring (bicyclic) bond motifs is 3. The third kappa shape index (κ3) is 5.68. The van der Waals surface area contributed by atoms with E-state index in [1.54, 1.807) is 74.1 Å². The summed E-state index contributed by atoms with van der Waals surface area (Å²) in [5.74, 6) is 1.93. The number of imidazole rings is 1. The number of pyridine rings is 1. The van der Waals surface area contributed by atoms with E-state index in [1.165, 1.54) is 0 Å². The predicted octanol–water partition coefficient (Wildman–Crippen LogP) is 6.43. The molecule has 11 nitrogen and oxygen atoms in total. The average molecular weight is 595 g/mol. The molecule has 6 aromatic rings. The van der Waals surface area contributed by atoms with Crippen molar-refractivity contribution in [3.8, 4) is 17.2 Å². The Morgan fingerprint density at radius 3 is 2.00 bits per heavy atom. The van der Waals surface area contributed by atoms with Crippen LogP contribution in [0, 0.1) is 0 Å². The van der Waals surface area contributed by atoms with Crippen LogP contribution in [0.15, 0.2) is 91.3 Å². The number of aryl methyl sites for hydroxylation is 1. The lowest BCUT2D eigenvalue weighted by Gasteiger charge is -2.19. The lowest BCUT2D eigenvalue weighted by molar-refractivity contribution is 0.191. The minimum atomic E-state index is -0.968. The number of amides is 2. The van der Waals surface area contributed by atoms with Gasteiger partial charge in [-0.1, -0.05) is 59.9 Å². The van der Waals surface area contributed by atoms with Gasteiger partial charge < -0.3 is 23.7 Å². The zero-order chi connectivity index (χ0) is 29.9. The maximum atomic E-state index is 13.4. The lowest BCUT2D eigenvalue weighted by Crippen LogP contribution is -2.41.